The van der Waals surface area contributed by atoms with Crippen LogP contribution in [0.4, 0.5) is 0 Å². The first-order valence-electron chi connectivity index (χ1n) is 8.77. The Kier molecular flexibility index (Phi) is 5.65. The van der Waals surface area contributed by atoms with Crippen LogP contribution in [0, 0.1) is 0 Å². The van der Waals surface area contributed by atoms with Crippen LogP contribution in [0.3, 0.4) is 0 Å². The highest BCUT2D eigenvalue weighted by atomic mass is 32.2. The molecule has 2 aromatic rings. The summed E-state index contributed by atoms with van der Waals surface area (Å²) in [5.41, 5.74) is 2.40. The Hall–Kier alpha value is -1.89. The average molecular weight is 375 g/mol. The molecule has 0 bridgehead atoms. The maximum Gasteiger partial charge on any atom is 0.242 e. The Bertz CT molecular complexity index is 846. The minimum atomic E-state index is -3.56. The molecule has 140 valence electrons. The summed E-state index contributed by atoms with van der Waals surface area (Å²) in [6.07, 6.45) is 0.622. The van der Waals surface area contributed by atoms with Gasteiger partial charge in [0.1, 0.15) is 5.75 Å². The first-order valence-corrected chi connectivity index (χ1v) is 10.2. The molecule has 1 aliphatic heterocycles. The molecule has 0 spiro atoms. The summed E-state index contributed by atoms with van der Waals surface area (Å²) >= 11 is 0. The molecule has 1 aliphatic rings. The van der Waals surface area contributed by atoms with E-state index in [1.54, 1.807) is 31.3 Å². The number of nitrogens with zero attached hydrogens (tertiary/aromatic N) is 1. The van der Waals surface area contributed by atoms with Gasteiger partial charge in [-0.25, -0.2) is 8.42 Å². The molecule has 0 saturated heterocycles. The maximum atomic E-state index is 12.8. The Morgan fingerprint density at radius 3 is 2.42 bits per heavy atom. The molecule has 0 aliphatic carbocycles. The van der Waals surface area contributed by atoms with Gasteiger partial charge in [0.2, 0.25) is 10.0 Å². The van der Waals surface area contributed by atoms with E-state index in [0.717, 1.165) is 6.42 Å². The highest BCUT2D eigenvalue weighted by Crippen LogP contribution is 2.23. The van der Waals surface area contributed by atoms with Crippen molar-refractivity contribution in [2.45, 2.75) is 44.0 Å². The molecule has 1 unspecified atom stereocenters. The topological polar surface area (TPSA) is 55.8 Å². The summed E-state index contributed by atoms with van der Waals surface area (Å²) in [5, 5.41) is 0. The zero-order valence-electron chi connectivity index (χ0n) is 15.4. The number of sulfonamides is 1. The van der Waals surface area contributed by atoms with Crippen molar-refractivity contribution in [1.29, 1.82) is 0 Å². The van der Waals surface area contributed by atoms with Crippen LogP contribution in [-0.4, -0.2) is 38.5 Å². The Morgan fingerprint density at radius 2 is 1.77 bits per heavy atom. The zero-order chi connectivity index (χ0) is 18.7. The molecule has 1 atom stereocenters. The van der Waals surface area contributed by atoms with E-state index in [-0.39, 0.29) is 17.1 Å². The highest BCUT2D eigenvalue weighted by Gasteiger charge is 2.26. The van der Waals surface area contributed by atoms with Crippen LogP contribution < -0.4 is 4.74 Å². The van der Waals surface area contributed by atoms with Crippen molar-refractivity contribution in [2.24, 2.45) is 0 Å². The monoisotopic (exact) mass is 375 g/mol. The molecule has 1 heterocycles. The summed E-state index contributed by atoms with van der Waals surface area (Å²) in [6, 6.07) is 14.7. The van der Waals surface area contributed by atoms with Gasteiger partial charge in [0.05, 0.1) is 23.7 Å². The fraction of sp³-hybridized carbons (Fsp3) is 0.400. The van der Waals surface area contributed by atoms with Crippen molar-refractivity contribution < 1.29 is 17.9 Å². The molecule has 3 rings (SSSR count). The summed E-state index contributed by atoms with van der Waals surface area (Å²) in [7, 11) is -1.97. The lowest BCUT2D eigenvalue weighted by Crippen LogP contribution is -2.38. The Morgan fingerprint density at radius 1 is 1.12 bits per heavy atom. The third kappa shape index (κ3) is 4.26. The number of likely N-dealkylation sites (N-methyl/N-ethyl adjacent to an activating group) is 1. The van der Waals surface area contributed by atoms with Crippen LogP contribution in [0.1, 0.15) is 25.0 Å². The van der Waals surface area contributed by atoms with Crippen molar-refractivity contribution in [3.8, 4) is 5.75 Å². The lowest BCUT2D eigenvalue weighted by molar-refractivity contribution is 0.0202. The third-order valence-corrected chi connectivity index (χ3v) is 6.24. The van der Waals surface area contributed by atoms with Crippen LogP contribution in [-0.2, 0) is 27.8 Å². The molecular formula is C20H25NO4S. The summed E-state index contributed by atoms with van der Waals surface area (Å²) in [6.45, 7) is 4.71. The maximum absolute atomic E-state index is 12.8. The second-order valence-corrected chi connectivity index (χ2v) is 8.87. The van der Waals surface area contributed by atoms with Gasteiger partial charge < -0.3 is 9.47 Å². The smallest absolute Gasteiger partial charge is 0.242 e. The third-order valence-electron chi connectivity index (χ3n) is 4.40. The van der Waals surface area contributed by atoms with Crippen LogP contribution in [0.25, 0.3) is 0 Å². The van der Waals surface area contributed by atoms with E-state index >= 15 is 0 Å². The van der Waals surface area contributed by atoms with Gasteiger partial charge in [-0.3, -0.25) is 0 Å². The van der Waals surface area contributed by atoms with E-state index in [4.69, 9.17) is 9.47 Å². The summed E-state index contributed by atoms with van der Waals surface area (Å²) < 4.78 is 38.4. The normalized spacial score (nSPS) is 17.3. The molecule has 0 amide bonds. The largest absolute Gasteiger partial charge is 0.491 e. The van der Waals surface area contributed by atoms with Gasteiger partial charge in [0, 0.05) is 20.0 Å². The van der Waals surface area contributed by atoms with Gasteiger partial charge in [-0.1, -0.05) is 24.3 Å². The lowest BCUT2D eigenvalue weighted by Gasteiger charge is -2.28. The predicted molar refractivity (Wildman–Crippen MR) is 101 cm³/mol. The summed E-state index contributed by atoms with van der Waals surface area (Å²) in [4.78, 5) is 0.257. The molecule has 0 saturated carbocycles. The van der Waals surface area contributed by atoms with E-state index in [1.165, 1.54) is 15.4 Å². The predicted octanol–water partition coefficient (Wildman–Crippen LogP) is 3.24. The zero-order valence-corrected chi connectivity index (χ0v) is 16.2. The van der Waals surface area contributed by atoms with E-state index in [9.17, 15) is 8.42 Å². The van der Waals surface area contributed by atoms with Crippen LogP contribution in [0.15, 0.2) is 53.4 Å². The van der Waals surface area contributed by atoms with E-state index < -0.39 is 10.0 Å². The fourth-order valence-electron chi connectivity index (χ4n) is 3.05. The second kappa shape index (κ2) is 7.78. The SMILES string of the molecule is CC(C)Oc1ccc(S(=O)(=O)N(C)CC2Cc3ccccc3CO2)cc1. The van der Waals surface area contributed by atoms with Gasteiger partial charge in [0.25, 0.3) is 0 Å². The molecule has 5 nitrogen and oxygen atoms in total. The van der Waals surface area contributed by atoms with Crippen molar-refractivity contribution in [3.05, 3.63) is 59.7 Å². The van der Waals surface area contributed by atoms with E-state index in [2.05, 4.69) is 6.07 Å². The number of fused-ring (bicyclic) bond motifs is 1. The molecule has 0 fully saturated rings. The van der Waals surface area contributed by atoms with Crippen LogP contribution >= 0.6 is 0 Å². The second-order valence-electron chi connectivity index (χ2n) is 6.83. The van der Waals surface area contributed by atoms with E-state index in [0.29, 0.717) is 18.9 Å². The molecule has 2 aromatic carbocycles. The molecule has 0 aromatic heterocycles. The van der Waals surface area contributed by atoms with E-state index in [1.807, 2.05) is 32.0 Å². The standard InChI is InChI=1S/C20H25NO4S/c1-15(2)25-18-8-10-20(11-9-18)26(22,23)21(3)13-19-12-16-6-4-5-7-17(16)14-24-19/h4-11,15,19H,12-14H2,1-3H3. The van der Waals surface area contributed by atoms with Crippen molar-refractivity contribution in [2.75, 3.05) is 13.6 Å². The van der Waals surface area contributed by atoms with Crippen molar-refractivity contribution in [1.82, 2.24) is 4.31 Å². The quantitative estimate of drug-likeness (QED) is 0.778. The van der Waals surface area contributed by atoms with Gasteiger partial charge >= 0.3 is 0 Å². The molecule has 6 heteroatoms. The number of rotatable bonds is 6. The number of hydrogen-bond donors (Lipinski definition) is 0. The fourth-order valence-corrected chi connectivity index (χ4v) is 4.26. The number of hydrogen-bond acceptors (Lipinski definition) is 4. The molecule has 26 heavy (non-hydrogen) atoms. The van der Waals surface area contributed by atoms with Crippen molar-refractivity contribution in [3.63, 3.8) is 0 Å². The van der Waals surface area contributed by atoms with Gasteiger partial charge in [-0.15, -0.1) is 0 Å². The van der Waals surface area contributed by atoms with Crippen molar-refractivity contribution >= 4 is 10.0 Å². The van der Waals surface area contributed by atoms with Gasteiger partial charge in [-0.2, -0.15) is 4.31 Å². The number of benzene rings is 2. The minimum absolute atomic E-state index is 0.0476. The van der Waals surface area contributed by atoms with Gasteiger partial charge in [0.15, 0.2) is 0 Å². The number of ether oxygens (including phenoxy) is 2. The molecule has 0 radical (unpaired) electrons. The Labute approximate surface area is 155 Å². The molecular weight excluding hydrogens is 350 g/mol. The minimum Gasteiger partial charge on any atom is -0.491 e. The lowest BCUT2D eigenvalue weighted by atomic mass is 9.99. The average Bonchev–Trinajstić information content (AvgIpc) is 2.61. The van der Waals surface area contributed by atoms with Crippen LogP contribution in [0.2, 0.25) is 0 Å². The first kappa shape index (κ1) is 18.9. The Balaban J connectivity index is 1.68. The highest BCUT2D eigenvalue weighted by molar-refractivity contribution is 7.89. The molecule has 0 N–H and O–H groups in total. The van der Waals surface area contributed by atoms with Gasteiger partial charge in [-0.05, 0) is 49.2 Å². The first-order chi connectivity index (χ1) is 12.4. The van der Waals surface area contributed by atoms with Crippen LogP contribution in [0.5, 0.6) is 5.75 Å². The summed E-state index contributed by atoms with van der Waals surface area (Å²) in [5.74, 6) is 0.661.